The monoisotopic (exact) mass is 297 g/mol. The average Bonchev–Trinajstić information content (AvgIpc) is 2.47. The van der Waals surface area contributed by atoms with Gasteiger partial charge in [0.25, 0.3) is 0 Å². The van der Waals surface area contributed by atoms with Gasteiger partial charge in [0.05, 0.1) is 0 Å². The molecule has 0 amide bonds. The van der Waals surface area contributed by atoms with E-state index in [2.05, 4.69) is 29.0 Å². The fourth-order valence-electron chi connectivity index (χ4n) is 2.08. The van der Waals surface area contributed by atoms with Gasteiger partial charge in [0, 0.05) is 11.9 Å². The standard InChI is InChI=1S/C16H15N3OS/c1-11-7-8-14-17-15(18-16(20)19(14)9-11)21-10-13-6-4-3-5-12(13)2/h3-9H,10H2,1-2H3. The van der Waals surface area contributed by atoms with Crippen molar-refractivity contribution in [3.05, 3.63) is 69.8 Å². The molecule has 0 aliphatic heterocycles. The molecular weight excluding hydrogens is 282 g/mol. The van der Waals surface area contributed by atoms with Gasteiger partial charge in [-0.15, -0.1) is 0 Å². The summed E-state index contributed by atoms with van der Waals surface area (Å²) in [5.41, 5.74) is 3.82. The molecule has 0 N–H and O–H groups in total. The number of nitrogens with zero attached hydrogens (tertiary/aromatic N) is 3. The molecule has 4 nitrogen and oxygen atoms in total. The summed E-state index contributed by atoms with van der Waals surface area (Å²) in [4.78, 5) is 20.5. The van der Waals surface area contributed by atoms with Gasteiger partial charge in [-0.05, 0) is 36.6 Å². The Morgan fingerprint density at radius 1 is 1.10 bits per heavy atom. The van der Waals surface area contributed by atoms with E-state index in [-0.39, 0.29) is 5.69 Å². The molecule has 1 aromatic carbocycles. The first kappa shape index (κ1) is 13.8. The number of aryl methyl sites for hydroxylation is 2. The Morgan fingerprint density at radius 2 is 1.90 bits per heavy atom. The third kappa shape index (κ3) is 2.97. The SMILES string of the molecule is Cc1ccc2nc(SCc3ccccc3C)nc(=O)n2c1. The zero-order chi connectivity index (χ0) is 14.8. The number of rotatable bonds is 3. The van der Waals surface area contributed by atoms with Crippen molar-refractivity contribution in [2.75, 3.05) is 0 Å². The van der Waals surface area contributed by atoms with Crippen LogP contribution in [-0.4, -0.2) is 14.4 Å². The number of hydrogen-bond donors (Lipinski definition) is 0. The molecule has 0 fully saturated rings. The summed E-state index contributed by atoms with van der Waals surface area (Å²) < 4.78 is 1.48. The van der Waals surface area contributed by atoms with Crippen molar-refractivity contribution in [2.24, 2.45) is 0 Å². The summed E-state index contributed by atoms with van der Waals surface area (Å²) in [6.07, 6.45) is 1.76. The molecule has 5 heteroatoms. The molecular formula is C16H15N3OS. The van der Waals surface area contributed by atoms with Gasteiger partial charge >= 0.3 is 5.69 Å². The Hall–Kier alpha value is -2.14. The van der Waals surface area contributed by atoms with Gasteiger partial charge in [-0.1, -0.05) is 42.1 Å². The molecule has 2 aromatic heterocycles. The number of hydrogen-bond acceptors (Lipinski definition) is 4. The van der Waals surface area contributed by atoms with Crippen LogP contribution in [0.25, 0.3) is 5.65 Å². The van der Waals surface area contributed by atoms with Gasteiger partial charge in [0.2, 0.25) is 0 Å². The van der Waals surface area contributed by atoms with Crippen LogP contribution in [-0.2, 0) is 5.75 Å². The maximum Gasteiger partial charge on any atom is 0.355 e. The van der Waals surface area contributed by atoms with Gasteiger partial charge in [-0.25, -0.2) is 9.78 Å². The van der Waals surface area contributed by atoms with E-state index in [1.54, 1.807) is 6.20 Å². The number of benzene rings is 1. The van der Waals surface area contributed by atoms with Crippen LogP contribution in [0, 0.1) is 13.8 Å². The molecule has 0 aliphatic carbocycles. The van der Waals surface area contributed by atoms with Crippen LogP contribution >= 0.6 is 11.8 Å². The zero-order valence-corrected chi connectivity index (χ0v) is 12.7. The van der Waals surface area contributed by atoms with E-state index >= 15 is 0 Å². The fraction of sp³-hybridized carbons (Fsp3) is 0.188. The molecule has 3 rings (SSSR count). The van der Waals surface area contributed by atoms with Gasteiger partial charge < -0.3 is 0 Å². The van der Waals surface area contributed by atoms with Gasteiger partial charge in [0.15, 0.2) is 5.16 Å². The topological polar surface area (TPSA) is 47.3 Å². The van der Waals surface area contributed by atoms with E-state index < -0.39 is 0 Å². The normalized spacial score (nSPS) is 11.0. The van der Waals surface area contributed by atoms with Crippen molar-refractivity contribution in [3.8, 4) is 0 Å². The lowest BCUT2D eigenvalue weighted by Crippen LogP contribution is -2.19. The Labute approximate surface area is 126 Å². The molecule has 0 radical (unpaired) electrons. The Morgan fingerprint density at radius 3 is 2.71 bits per heavy atom. The first-order chi connectivity index (χ1) is 10.1. The number of aromatic nitrogens is 3. The highest BCUT2D eigenvalue weighted by atomic mass is 32.2. The highest BCUT2D eigenvalue weighted by Crippen LogP contribution is 2.20. The van der Waals surface area contributed by atoms with Gasteiger partial charge in [-0.2, -0.15) is 4.98 Å². The minimum absolute atomic E-state index is 0.281. The van der Waals surface area contributed by atoms with Crippen LogP contribution in [0.5, 0.6) is 0 Å². The molecule has 0 atom stereocenters. The Kier molecular flexibility index (Phi) is 3.75. The number of pyridine rings is 1. The van der Waals surface area contributed by atoms with Crippen LogP contribution in [0.4, 0.5) is 0 Å². The van der Waals surface area contributed by atoms with E-state index in [9.17, 15) is 4.79 Å². The van der Waals surface area contributed by atoms with Gasteiger partial charge in [-0.3, -0.25) is 4.40 Å². The second kappa shape index (κ2) is 5.69. The molecule has 3 aromatic rings. The van der Waals surface area contributed by atoms with Crippen molar-refractivity contribution < 1.29 is 0 Å². The van der Waals surface area contributed by atoms with Crippen LogP contribution in [0.3, 0.4) is 0 Å². The summed E-state index contributed by atoms with van der Waals surface area (Å²) in [6, 6.07) is 12.0. The predicted octanol–water partition coefficient (Wildman–Crippen LogP) is 3.00. The van der Waals surface area contributed by atoms with Crippen LogP contribution in [0.15, 0.2) is 52.5 Å². The van der Waals surface area contributed by atoms with Crippen LogP contribution in [0.1, 0.15) is 16.7 Å². The van der Waals surface area contributed by atoms with Crippen molar-refractivity contribution in [1.82, 2.24) is 14.4 Å². The molecule has 2 heterocycles. The molecule has 0 bridgehead atoms. The maximum atomic E-state index is 12.0. The van der Waals surface area contributed by atoms with Crippen molar-refractivity contribution in [3.63, 3.8) is 0 Å². The van der Waals surface area contributed by atoms with E-state index in [0.717, 1.165) is 11.3 Å². The summed E-state index contributed by atoms with van der Waals surface area (Å²) in [6.45, 7) is 4.02. The lowest BCUT2D eigenvalue weighted by Gasteiger charge is -2.05. The zero-order valence-electron chi connectivity index (χ0n) is 11.9. The molecule has 0 saturated heterocycles. The smallest absolute Gasteiger partial charge is 0.251 e. The van der Waals surface area contributed by atoms with Crippen molar-refractivity contribution in [2.45, 2.75) is 24.8 Å². The highest BCUT2D eigenvalue weighted by Gasteiger charge is 2.06. The third-order valence-electron chi connectivity index (χ3n) is 3.30. The second-order valence-corrected chi connectivity index (χ2v) is 5.88. The Bertz CT molecular complexity index is 858. The number of thioether (sulfide) groups is 1. The highest BCUT2D eigenvalue weighted by molar-refractivity contribution is 7.98. The first-order valence-corrected chi connectivity index (χ1v) is 7.66. The molecule has 0 aliphatic rings. The quantitative estimate of drug-likeness (QED) is 0.697. The average molecular weight is 297 g/mol. The summed E-state index contributed by atoms with van der Waals surface area (Å²) >= 11 is 1.49. The molecule has 0 spiro atoms. The van der Waals surface area contributed by atoms with Crippen LogP contribution < -0.4 is 5.69 Å². The minimum Gasteiger partial charge on any atom is -0.251 e. The summed E-state index contributed by atoms with van der Waals surface area (Å²) in [7, 11) is 0. The summed E-state index contributed by atoms with van der Waals surface area (Å²) in [5, 5.41) is 0.520. The maximum absolute atomic E-state index is 12.0. The van der Waals surface area contributed by atoms with E-state index in [0.29, 0.717) is 10.8 Å². The fourth-order valence-corrected chi connectivity index (χ4v) is 2.99. The number of fused-ring (bicyclic) bond motifs is 1. The summed E-state index contributed by atoms with van der Waals surface area (Å²) in [5.74, 6) is 0.758. The molecule has 0 unspecified atom stereocenters. The van der Waals surface area contributed by atoms with E-state index in [1.165, 1.54) is 27.3 Å². The molecule has 0 saturated carbocycles. The van der Waals surface area contributed by atoms with E-state index in [1.807, 2.05) is 31.2 Å². The second-order valence-electron chi connectivity index (χ2n) is 4.94. The first-order valence-electron chi connectivity index (χ1n) is 6.68. The lowest BCUT2D eigenvalue weighted by atomic mass is 10.1. The third-order valence-corrected chi connectivity index (χ3v) is 4.20. The molecule has 106 valence electrons. The predicted molar refractivity (Wildman–Crippen MR) is 84.7 cm³/mol. The lowest BCUT2D eigenvalue weighted by molar-refractivity contribution is 0.843. The largest absolute Gasteiger partial charge is 0.355 e. The van der Waals surface area contributed by atoms with Crippen molar-refractivity contribution in [1.29, 1.82) is 0 Å². The van der Waals surface area contributed by atoms with Crippen molar-refractivity contribution >= 4 is 17.4 Å². The Balaban J connectivity index is 1.90. The molecule has 21 heavy (non-hydrogen) atoms. The minimum atomic E-state index is -0.281. The van der Waals surface area contributed by atoms with E-state index in [4.69, 9.17) is 0 Å². The van der Waals surface area contributed by atoms with Gasteiger partial charge in [0.1, 0.15) is 5.65 Å². The van der Waals surface area contributed by atoms with Crippen LogP contribution in [0.2, 0.25) is 0 Å².